The Kier molecular flexibility index (Phi) is 4.94. The second kappa shape index (κ2) is 7.05. The average Bonchev–Trinajstić information content (AvgIpc) is 2.66. The van der Waals surface area contributed by atoms with E-state index in [1.165, 1.54) is 18.4 Å². The summed E-state index contributed by atoms with van der Waals surface area (Å²) in [5.41, 5.74) is 1.27. The minimum atomic E-state index is -3.57. The monoisotopic (exact) mass is 390 g/mol. The maximum atomic E-state index is 12.6. The summed E-state index contributed by atoms with van der Waals surface area (Å²) in [4.78, 5) is 32.8. The number of carboxylic acid groups (broad SMARTS) is 1. The smallest absolute Gasteiger partial charge is 0.356 e. The number of carboxylic acids is 1. The van der Waals surface area contributed by atoms with Crippen molar-refractivity contribution in [2.45, 2.75) is 17.9 Å². The molecular weight excluding hydrogens is 372 g/mol. The number of hydrogen-bond donors (Lipinski definition) is 1. The molecule has 0 unspecified atom stereocenters. The van der Waals surface area contributed by atoms with Gasteiger partial charge in [0.15, 0.2) is 5.69 Å². The Bertz CT molecular complexity index is 1000. The van der Waals surface area contributed by atoms with E-state index in [0.29, 0.717) is 18.5 Å². The largest absolute Gasteiger partial charge is 0.476 e. The lowest BCUT2D eigenvalue weighted by Gasteiger charge is -2.30. The van der Waals surface area contributed by atoms with Crippen molar-refractivity contribution in [3.8, 4) is 0 Å². The first-order chi connectivity index (χ1) is 12.7. The highest BCUT2D eigenvalue weighted by atomic mass is 32.2. The Morgan fingerprint density at radius 3 is 2.41 bits per heavy atom. The molecule has 1 aromatic heterocycles. The Hall–Kier alpha value is -2.85. The summed E-state index contributed by atoms with van der Waals surface area (Å²) in [5.74, 6) is -1.60. The molecule has 27 heavy (non-hydrogen) atoms. The van der Waals surface area contributed by atoms with Crippen LogP contribution in [0.4, 0.5) is 0 Å². The number of amides is 1. The van der Waals surface area contributed by atoms with Crippen molar-refractivity contribution < 1.29 is 23.1 Å². The summed E-state index contributed by atoms with van der Waals surface area (Å²) < 4.78 is 26.2. The topological polar surface area (TPSA) is 121 Å². The average molecular weight is 390 g/mol. The van der Waals surface area contributed by atoms with Gasteiger partial charge in [-0.05, 0) is 23.6 Å². The van der Waals surface area contributed by atoms with Gasteiger partial charge in [0, 0.05) is 27.2 Å². The molecule has 0 fully saturated rings. The number of carbonyl (C=O) groups is 2. The van der Waals surface area contributed by atoms with E-state index in [1.54, 1.807) is 23.1 Å². The van der Waals surface area contributed by atoms with Crippen LogP contribution in [-0.2, 0) is 23.0 Å². The van der Waals surface area contributed by atoms with E-state index in [1.807, 2.05) is 0 Å². The molecule has 0 saturated heterocycles. The number of benzene rings is 1. The zero-order valence-corrected chi connectivity index (χ0v) is 15.6. The third kappa shape index (κ3) is 3.53. The van der Waals surface area contributed by atoms with Gasteiger partial charge in [0.05, 0.1) is 17.3 Å². The van der Waals surface area contributed by atoms with E-state index in [9.17, 15) is 18.0 Å². The van der Waals surface area contributed by atoms with Gasteiger partial charge in [0.2, 0.25) is 10.0 Å². The Morgan fingerprint density at radius 1 is 1.15 bits per heavy atom. The molecule has 3 rings (SSSR count). The first-order valence-corrected chi connectivity index (χ1v) is 9.53. The molecule has 0 aliphatic carbocycles. The molecule has 1 N–H and O–H groups in total. The van der Waals surface area contributed by atoms with Crippen LogP contribution < -0.4 is 0 Å². The highest BCUT2D eigenvalue weighted by Gasteiger charge is 2.28. The number of sulfonamides is 1. The zero-order chi connectivity index (χ0) is 19.8. The lowest BCUT2D eigenvalue weighted by molar-refractivity contribution is 0.0683. The van der Waals surface area contributed by atoms with Crippen molar-refractivity contribution >= 4 is 21.9 Å². The first kappa shape index (κ1) is 18.9. The van der Waals surface area contributed by atoms with E-state index in [4.69, 9.17) is 5.11 Å². The molecule has 0 atom stereocenters. The van der Waals surface area contributed by atoms with Gasteiger partial charge in [0.25, 0.3) is 5.91 Å². The third-order valence-corrected chi connectivity index (χ3v) is 6.26. The van der Waals surface area contributed by atoms with Crippen LogP contribution in [0.25, 0.3) is 0 Å². The van der Waals surface area contributed by atoms with Crippen LogP contribution in [0.1, 0.15) is 32.1 Å². The van der Waals surface area contributed by atoms with Gasteiger partial charge in [-0.2, -0.15) is 0 Å². The lowest BCUT2D eigenvalue weighted by atomic mass is 9.99. The van der Waals surface area contributed by atoms with Gasteiger partial charge < -0.3 is 10.0 Å². The molecule has 1 aliphatic heterocycles. The Labute approximate surface area is 156 Å². The summed E-state index contributed by atoms with van der Waals surface area (Å²) in [7, 11) is -0.611. The number of fused-ring (bicyclic) bond motifs is 1. The van der Waals surface area contributed by atoms with Crippen molar-refractivity contribution in [2.75, 3.05) is 20.6 Å². The fraction of sp³-hybridized carbons (Fsp3) is 0.294. The fourth-order valence-corrected chi connectivity index (χ4v) is 4.09. The van der Waals surface area contributed by atoms with Crippen molar-refractivity contribution in [3.05, 3.63) is 53.1 Å². The second-order valence-corrected chi connectivity index (χ2v) is 8.37. The molecule has 10 heteroatoms. The third-order valence-electron chi connectivity index (χ3n) is 4.36. The number of rotatable bonds is 4. The highest BCUT2D eigenvalue weighted by molar-refractivity contribution is 7.89. The molecule has 2 aromatic rings. The molecule has 9 nitrogen and oxygen atoms in total. The van der Waals surface area contributed by atoms with Gasteiger partial charge in [-0.3, -0.25) is 4.79 Å². The van der Waals surface area contributed by atoms with Gasteiger partial charge in [0.1, 0.15) is 5.69 Å². The van der Waals surface area contributed by atoms with Crippen molar-refractivity contribution in [1.82, 2.24) is 19.2 Å². The maximum Gasteiger partial charge on any atom is 0.356 e. The minimum Gasteiger partial charge on any atom is -0.476 e. The Balaban J connectivity index is 1.87. The predicted octanol–water partition coefficient (Wildman–Crippen LogP) is 0.624. The van der Waals surface area contributed by atoms with Crippen LogP contribution in [0, 0.1) is 0 Å². The van der Waals surface area contributed by atoms with E-state index >= 15 is 0 Å². The summed E-state index contributed by atoms with van der Waals surface area (Å²) in [5, 5.41) is 8.85. The molecular formula is C17H18N4O5S. The molecule has 0 saturated carbocycles. The van der Waals surface area contributed by atoms with Crippen molar-refractivity contribution in [2.24, 2.45) is 0 Å². The van der Waals surface area contributed by atoms with Gasteiger partial charge >= 0.3 is 5.97 Å². The second-order valence-electron chi connectivity index (χ2n) is 6.25. The van der Waals surface area contributed by atoms with E-state index in [2.05, 4.69) is 9.97 Å². The molecule has 2 heterocycles. The van der Waals surface area contributed by atoms with Gasteiger partial charge in [-0.1, -0.05) is 12.1 Å². The zero-order valence-electron chi connectivity index (χ0n) is 14.8. The SMILES string of the molecule is CN(C)S(=O)(=O)c1cccc2c1CCN(C(=O)c1cnc(C(=O)O)cn1)C2. The normalized spacial score (nSPS) is 14.1. The summed E-state index contributed by atoms with van der Waals surface area (Å²) >= 11 is 0. The summed E-state index contributed by atoms with van der Waals surface area (Å²) in [6.07, 6.45) is 2.56. The first-order valence-electron chi connectivity index (χ1n) is 8.09. The molecule has 142 valence electrons. The number of aromatic nitrogens is 2. The summed E-state index contributed by atoms with van der Waals surface area (Å²) in [6.45, 7) is 0.571. The minimum absolute atomic E-state index is 0.0421. The van der Waals surface area contributed by atoms with Gasteiger partial charge in [-0.25, -0.2) is 27.5 Å². The van der Waals surface area contributed by atoms with E-state index in [-0.39, 0.29) is 28.7 Å². The number of hydrogen-bond acceptors (Lipinski definition) is 6. The summed E-state index contributed by atoms with van der Waals surface area (Å²) in [6, 6.07) is 5.02. The fourth-order valence-electron chi connectivity index (χ4n) is 2.90. The quantitative estimate of drug-likeness (QED) is 0.812. The van der Waals surface area contributed by atoms with Crippen LogP contribution >= 0.6 is 0 Å². The highest BCUT2D eigenvalue weighted by Crippen LogP contribution is 2.27. The number of carbonyl (C=O) groups excluding carboxylic acids is 1. The molecule has 1 amide bonds. The van der Waals surface area contributed by atoms with E-state index in [0.717, 1.165) is 18.0 Å². The van der Waals surface area contributed by atoms with Crippen molar-refractivity contribution in [3.63, 3.8) is 0 Å². The molecule has 1 aromatic carbocycles. The van der Waals surface area contributed by atoms with E-state index < -0.39 is 16.0 Å². The van der Waals surface area contributed by atoms with Crippen LogP contribution in [-0.4, -0.2) is 65.2 Å². The predicted molar refractivity (Wildman–Crippen MR) is 94.8 cm³/mol. The van der Waals surface area contributed by atoms with Crippen LogP contribution in [0.15, 0.2) is 35.5 Å². The molecule has 1 aliphatic rings. The Morgan fingerprint density at radius 2 is 1.81 bits per heavy atom. The maximum absolute atomic E-state index is 12.6. The number of nitrogens with zero attached hydrogens (tertiary/aromatic N) is 4. The van der Waals surface area contributed by atoms with Crippen LogP contribution in [0.5, 0.6) is 0 Å². The van der Waals surface area contributed by atoms with Crippen LogP contribution in [0.3, 0.4) is 0 Å². The van der Waals surface area contributed by atoms with Gasteiger partial charge in [-0.15, -0.1) is 0 Å². The molecule has 0 bridgehead atoms. The lowest BCUT2D eigenvalue weighted by Crippen LogP contribution is -2.37. The molecule has 0 spiro atoms. The molecule has 0 radical (unpaired) electrons. The van der Waals surface area contributed by atoms with Crippen LogP contribution in [0.2, 0.25) is 0 Å². The van der Waals surface area contributed by atoms with Crippen molar-refractivity contribution in [1.29, 1.82) is 0 Å². The standard InChI is InChI=1S/C17H18N4O5S/c1-20(2)27(25,26)15-5-3-4-11-10-21(7-6-12(11)15)16(22)13-8-19-14(9-18-13)17(23)24/h3-5,8-9H,6-7,10H2,1-2H3,(H,23,24). The number of aromatic carboxylic acids is 1.